The van der Waals surface area contributed by atoms with Gasteiger partial charge in [-0.3, -0.25) is 4.79 Å². The first-order chi connectivity index (χ1) is 8.17. The fourth-order valence-electron chi connectivity index (χ4n) is 1.82. The molecule has 0 bridgehead atoms. The highest BCUT2D eigenvalue weighted by Crippen LogP contribution is 2.24. The first kappa shape index (κ1) is 11.7. The molecule has 0 aliphatic rings. The van der Waals surface area contributed by atoms with Crippen molar-refractivity contribution >= 4 is 16.7 Å². The minimum atomic E-state index is -0.444. The largest absolute Gasteiger partial charge is 0.497 e. The average molecular weight is 232 g/mol. The Balaban J connectivity index is 2.51. The van der Waals surface area contributed by atoms with E-state index in [1.165, 1.54) is 0 Å². The predicted octanol–water partition coefficient (Wildman–Crippen LogP) is 2.10. The summed E-state index contributed by atoms with van der Waals surface area (Å²) in [6, 6.07) is 5.15. The smallest absolute Gasteiger partial charge is 0.181 e. The molecule has 1 unspecified atom stereocenters. The number of H-pyrrole nitrogens is 1. The molecule has 0 amide bonds. The molecule has 3 N–H and O–H groups in total. The van der Waals surface area contributed by atoms with E-state index in [2.05, 4.69) is 4.98 Å². The summed E-state index contributed by atoms with van der Waals surface area (Å²) < 4.78 is 5.16. The van der Waals surface area contributed by atoms with Crippen LogP contribution in [0.15, 0.2) is 24.4 Å². The van der Waals surface area contributed by atoms with E-state index >= 15 is 0 Å². The van der Waals surface area contributed by atoms with Gasteiger partial charge in [-0.15, -0.1) is 0 Å². The molecule has 4 nitrogen and oxygen atoms in total. The summed E-state index contributed by atoms with van der Waals surface area (Å²) >= 11 is 0. The van der Waals surface area contributed by atoms with Crippen molar-refractivity contribution in [1.29, 1.82) is 0 Å². The molecule has 0 fully saturated rings. The number of nitrogens with one attached hydrogen (secondary N) is 1. The number of aromatic nitrogens is 1. The molecule has 0 aliphatic carbocycles. The Hall–Kier alpha value is -1.81. The van der Waals surface area contributed by atoms with E-state index in [-0.39, 0.29) is 5.78 Å². The summed E-state index contributed by atoms with van der Waals surface area (Å²) in [4.78, 5) is 15.1. The summed E-state index contributed by atoms with van der Waals surface area (Å²) in [5.74, 6) is 0.697. The molecular formula is C13H16N2O2. The molecule has 90 valence electrons. The van der Waals surface area contributed by atoms with E-state index in [0.717, 1.165) is 16.7 Å². The van der Waals surface area contributed by atoms with Crippen molar-refractivity contribution in [3.05, 3.63) is 30.0 Å². The van der Waals surface area contributed by atoms with Crippen molar-refractivity contribution in [1.82, 2.24) is 4.98 Å². The minimum Gasteiger partial charge on any atom is -0.497 e. The van der Waals surface area contributed by atoms with E-state index in [4.69, 9.17) is 10.5 Å². The van der Waals surface area contributed by atoms with Crippen LogP contribution in [-0.4, -0.2) is 23.9 Å². The van der Waals surface area contributed by atoms with Crippen LogP contribution in [0.25, 0.3) is 10.9 Å². The van der Waals surface area contributed by atoms with Gasteiger partial charge in [0.25, 0.3) is 0 Å². The quantitative estimate of drug-likeness (QED) is 0.793. The van der Waals surface area contributed by atoms with Crippen molar-refractivity contribution in [2.24, 2.45) is 5.73 Å². The molecule has 0 saturated carbocycles. The second kappa shape index (κ2) is 4.59. The molecule has 0 aliphatic heterocycles. The van der Waals surface area contributed by atoms with Crippen LogP contribution in [0.5, 0.6) is 5.75 Å². The third kappa shape index (κ3) is 2.03. The SMILES string of the molecule is CCC(N)C(=O)c1c[nH]c2ccc(OC)cc12. The number of ether oxygens (including phenoxy) is 1. The maximum Gasteiger partial charge on any atom is 0.181 e. The Morgan fingerprint density at radius 3 is 2.94 bits per heavy atom. The zero-order valence-corrected chi connectivity index (χ0v) is 9.99. The summed E-state index contributed by atoms with van der Waals surface area (Å²) in [7, 11) is 1.60. The lowest BCUT2D eigenvalue weighted by Gasteiger charge is -2.06. The van der Waals surface area contributed by atoms with Crippen LogP contribution in [0.4, 0.5) is 0 Å². The molecule has 2 rings (SSSR count). The molecular weight excluding hydrogens is 216 g/mol. The van der Waals surface area contributed by atoms with Gasteiger partial charge in [0.1, 0.15) is 5.75 Å². The molecule has 1 aromatic carbocycles. The number of benzene rings is 1. The Kier molecular flexibility index (Phi) is 3.15. The highest BCUT2D eigenvalue weighted by molar-refractivity contribution is 6.10. The van der Waals surface area contributed by atoms with E-state index in [1.807, 2.05) is 25.1 Å². The fraction of sp³-hybridized carbons (Fsp3) is 0.308. The lowest BCUT2D eigenvalue weighted by atomic mass is 10.0. The number of carbonyl (C=O) groups is 1. The number of methoxy groups -OCH3 is 1. The highest BCUT2D eigenvalue weighted by atomic mass is 16.5. The molecule has 1 aromatic heterocycles. The number of hydrogen-bond donors (Lipinski definition) is 2. The second-order valence-electron chi connectivity index (χ2n) is 3.99. The van der Waals surface area contributed by atoms with E-state index < -0.39 is 6.04 Å². The third-order valence-electron chi connectivity index (χ3n) is 2.93. The zero-order valence-electron chi connectivity index (χ0n) is 9.99. The van der Waals surface area contributed by atoms with Gasteiger partial charge in [0, 0.05) is 22.7 Å². The number of carbonyl (C=O) groups excluding carboxylic acids is 1. The Labute approximate surface area is 99.8 Å². The standard InChI is InChI=1S/C13H16N2O2/c1-3-11(14)13(16)10-7-15-12-5-4-8(17-2)6-9(10)12/h4-7,11,15H,3,14H2,1-2H3. The molecule has 0 radical (unpaired) electrons. The average Bonchev–Trinajstić information content (AvgIpc) is 2.79. The molecule has 17 heavy (non-hydrogen) atoms. The molecule has 1 atom stereocenters. The maximum atomic E-state index is 12.1. The number of ketones is 1. The van der Waals surface area contributed by atoms with Gasteiger partial charge in [0.2, 0.25) is 0 Å². The molecule has 4 heteroatoms. The van der Waals surface area contributed by atoms with E-state index in [0.29, 0.717) is 12.0 Å². The monoisotopic (exact) mass is 232 g/mol. The van der Waals surface area contributed by atoms with Crippen molar-refractivity contribution in [3.8, 4) is 5.75 Å². The predicted molar refractivity (Wildman–Crippen MR) is 67.4 cm³/mol. The number of aromatic amines is 1. The van der Waals surface area contributed by atoms with Gasteiger partial charge in [-0.25, -0.2) is 0 Å². The van der Waals surface area contributed by atoms with Gasteiger partial charge in [0.05, 0.1) is 13.2 Å². The number of rotatable bonds is 4. The minimum absolute atomic E-state index is 0.0352. The van der Waals surface area contributed by atoms with Crippen LogP contribution in [-0.2, 0) is 0 Å². The van der Waals surface area contributed by atoms with Crippen LogP contribution in [0.1, 0.15) is 23.7 Å². The number of hydrogen-bond acceptors (Lipinski definition) is 3. The van der Waals surface area contributed by atoms with Gasteiger partial charge in [-0.05, 0) is 24.6 Å². The first-order valence-electron chi connectivity index (χ1n) is 5.62. The lowest BCUT2D eigenvalue weighted by molar-refractivity contribution is 0.0961. The van der Waals surface area contributed by atoms with Gasteiger partial charge >= 0.3 is 0 Å². The Bertz CT molecular complexity index is 545. The number of Topliss-reactive ketones (excluding diaryl/α,β-unsaturated/α-hetero) is 1. The molecule has 0 saturated heterocycles. The Morgan fingerprint density at radius 1 is 1.53 bits per heavy atom. The molecule has 0 spiro atoms. The Morgan fingerprint density at radius 2 is 2.29 bits per heavy atom. The van der Waals surface area contributed by atoms with Crippen molar-refractivity contribution < 1.29 is 9.53 Å². The first-order valence-corrected chi connectivity index (χ1v) is 5.62. The van der Waals surface area contributed by atoms with Crippen molar-refractivity contribution in [3.63, 3.8) is 0 Å². The summed E-state index contributed by atoms with van der Waals surface area (Å²) in [5.41, 5.74) is 7.32. The lowest BCUT2D eigenvalue weighted by Crippen LogP contribution is -2.29. The summed E-state index contributed by atoms with van der Waals surface area (Å²) in [5, 5.41) is 0.859. The van der Waals surface area contributed by atoms with Crippen molar-refractivity contribution in [2.45, 2.75) is 19.4 Å². The van der Waals surface area contributed by atoms with Crippen molar-refractivity contribution in [2.75, 3.05) is 7.11 Å². The van der Waals surface area contributed by atoms with Gasteiger partial charge in [-0.2, -0.15) is 0 Å². The van der Waals surface area contributed by atoms with Gasteiger partial charge < -0.3 is 15.5 Å². The van der Waals surface area contributed by atoms with Crippen LogP contribution in [0.2, 0.25) is 0 Å². The van der Waals surface area contributed by atoms with Gasteiger partial charge in [-0.1, -0.05) is 6.92 Å². The van der Waals surface area contributed by atoms with Crippen LogP contribution in [0, 0.1) is 0 Å². The van der Waals surface area contributed by atoms with Crippen LogP contribution >= 0.6 is 0 Å². The number of fused-ring (bicyclic) bond motifs is 1. The second-order valence-corrected chi connectivity index (χ2v) is 3.99. The maximum absolute atomic E-state index is 12.1. The van der Waals surface area contributed by atoms with Crippen LogP contribution < -0.4 is 10.5 Å². The summed E-state index contributed by atoms with van der Waals surface area (Å²) in [6.07, 6.45) is 2.34. The summed E-state index contributed by atoms with van der Waals surface area (Å²) in [6.45, 7) is 1.90. The number of nitrogens with two attached hydrogens (primary N) is 1. The molecule has 1 heterocycles. The normalized spacial score (nSPS) is 12.6. The zero-order chi connectivity index (χ0) is 12.4. The topological polar surface area (TPSA) is 68.1 Å². The fourth-order valence-corrected chi connectivity index (χ4v) is 1.82. The molecule has 2 aromatic rings. The van der Waals surface area contributed by atoms with Crippen LogP contribution in [0.3, 0.4) is 0 Å². The van der Waals surface area contributed by atoms with Gasteiger partial charge in [0.15, 0.2) is 5.78 Å². The van der Waals surface area contributed by atoms with E-state index in [9.17, 15) is 4.79 Å². The third-order valence-corrected chi connectivity index (χ3v) is 2.93. The van der Waals surface area contributed by atoms with E-state index in [1.54, 1.807) is 13.3 Å². The highest BCUT2D eigenvalue weighted by Gasteiger charge is 2.17.